The number of carbonyl (C=O) groups is 2. The molecule has 0 saturated carbocycles. The van der Waals surface area contributed by atoms with Crippen LogP contribution in [0.5, 0.6) is 0 Å². The number of nitrogens with zero attached hydrogens (tertiary/aromatic N) is 2. The third-order valence-corrected chi connectivity index (χ3v) is 4.06. The second kappa shape index (κ2) is 8.11. The predicted octanol–water partition coefficient (Wildman–Crippen LogP) is 2.75. The maximum absolute atomic E-state index is 12.7. The van der Waals surface area contributed by atoms with Crippen molar-refractivity contribution in [3.63, 3.8) is 0 Å². The molecule has 0 atom stereocenters. The van der Waals surface area contributed by atoms with Crippen LogP contribution in [0.3, 0.4) is 0 Å². The maximum Gasteiger partial charge on any atom is 0.251 e. The normalized spacial score (nSPS) is 11.0. The summed E-state index contributed by atoms with van der Waals surface area (Å²) in [5.41, 5.74) is 2.37. The molecule has 0 aliphatic rings. The second-order valence-corrected chi connectivity index (χ2v) is 5.74. The molecule has 2 amide bonds. The van der Waals surface area contributed by atoms with Crippen LogP contribution in [0.25, 0.3) is 17.0 Å². The van der Waals surface area contributed by atoms with Crippen LogP contribution in [0, 0.1) is 0 Å². The Kier molecular flexibility index (Phi) is 5.43. The van der Waals surface area contributed by atoms with E-state index in [0.717, 1.165) is 16.6 Å². The number of H-pyrrole nitrogens is 1. The molecule has 0 fully saturated rings. The van der Waals surface area contributed by atoms with Crippen molar-refractivity contribution in [3.8, 4) is 0 Å². The van der Waals surface area contributed by atoms with Crippen LogP contribution in [0.4, 0.5) is 5.69 Å². The van der Waals surface area contributed by atoms with Crippen molar-refractivity contribution in [2.24, 2.45) is 0 Å². The molecule has 0 unspecified atom stereocenters. The highest BCUT2D eigenvalue weighted by Crippen LogP contribution is 2.18. The molecule has 6 nitrogen and oxygen atoms in total. The summed E-state index contributed by atoms with van der Waals surface area (Å²) in [6.07, 6.45) is 3.41. The van der Waals surface area contributed by atoms with Gasteiger partial charge in [-0.25, -0.2) is 0 Å². The molecular weight excluding hydrogens is 328 g/mol. The van der Waals surface area contributed by atoms with Crippen molar-refractivity contribution in [3.05, 3.63) is 66.4 Å². The lowest BCUT2D eigenvalue weighted by atomic mass is 10.2. The average molecular weight is 348 g/mol. The molecular formula is C20H20N4O2. The first-order valence-corrected chi connectivity index (χ1v) is 8.37. The minimum absolute atomic E-state index is 0.110. The number of rotatable bonds is 6. The lowest BCUT2D eigenvalue weighted by Gasteiger charge is -2.21. The van der Waals surface area contributed by atoms with Gasteiger partial charge in [-0.1, -0.05) is 36.4 Å². The Balaban J connectivity index is 1.81. The number of benzene rings is 2. The summed E-state index contributed by atoms with van der Waals surface area (Å²) < 4.78 is 0. The number of carbonyl (C=O) groups excluding carboxylic acids is 2. The molecule has 6 heteroatoms. The fourth-order valence-corrected chi connectivity index (χ4v) is 2.66. The first-order chi connectivity index (χ1) is 12.7. The van der Waals surface area contributed by atoms with Crippen molar-refractivity contribution >= 4 is 34.5 Å². The minimum Gasteiger partial charge on any atom is -0.359 e. The lowest BCUT2D eigenvalue weighted by molar-refractivity contribution is -0.120. The largest absolute Gasteiger partial charge is 0.359 e. The Morgan fingerprint density at radius 1 is 1.12 bits per heavy atom. The molecule has 2 N–H and O–H groups in total. The molecule has 0 spiro atoms. The number of nitrogens with one attached hydrogen (secondary N) is 2. The standard InChI is InChI=1S/C20H20N4O2/c1-21-19(25)13-14-24(15-7-3-2-4-8-15)20(26)12-11-18-16-9-5-6-10-17(16)22-23-18/h2-12H,13-14H2,1H3,(H,21,25)(H,22,23)/b12-11+. The first-order valence-electron chi connectivity index (χ1n) is 8.37. The van der Waals surface area contributed by atoms with Crippen LogP contribution >= 0.6 is 0 Å². The van der Waals surface area contributed by atoms with Gasteiger partial charge >= 0.3 is 0 Å². The van der Waals surface area contributed by atoms with Crippen molar-refractivity contribution in [2.75, 3.05) is 18.5 Å². The molecule has 1 heterocycles. The van der Waals surface area contributed by atoms with Crippen molar-refractivity contribution in [1.29, 1.82) is 0 Å². The van der Waals surface area contributed by atoms with Gasteiger partial charge < -0.3 is 10.2 Å². The molecule has 3 aromatic rings. The number of para-hydroxylation sites is 2. The molecule has 132 valence electrons. The number of hydrogen-bond acceptors (Lipinski definition) is 3. The summed E-state index contributed by atoms with van der Waals surface area (Å²) in [5, 5.41) is 10.7. The van der Waals surface area contributed by atoms with Crippen LogP contribution in [-0.2, 0) is 9.59 Å². The highest BCUT2D eigenvalue weighted by molar-refractivity contribution is 6.05. The van der Waals surface area contributed by atoms with E-state index in [1.54, 1.807) is 18.0 Å². The van der Waals surface area contributed by atoms with Gasteiger partial charge in [0.2, 0.25) is 5.91 Å². The lowest BCUT2D eigenvalue weighted by Crippen LogP contribution is -2.33. The van der Waals surface area contributed by atoms with Gasteiger partial charge in [-0.05, 0) is 24.3 Å². The van der Waals surface area contributed by atoms with E-state index in [-0.39, 0.29) is 18.2 Å². The van der Waals surface area contributed by atoms with E-state index in [1.165, 1.54) is 6.08 Å². The van der Waals surface area contributed by atoms with Crippen molar-refractivity contribution in [2.45, 2.75) is 6.42 Å². The molecule has 2 aromatic carbocycles. The van der Waals surface area contributed by atoms with Gasteiger partial charge in [-0.15, -0.1) is 0 Å². The summed E-state index contributed by atoms with van der Waals surface area (Å²) in [6.45, 7) is 0.300. The summed E-state index contributed by atoms with van der Waals surface area (Å²) in [4.78, 5) is 25.9. The molecule has 0 radical (unpaired) electrons. The van der Waals surface area contributed by atoms with Crippen LogP contribution < -0.4 is 10.2 Å². The topological polar surface area (TPSA) is 78.1 Å². The van der Waals surface area contributed by atoms with Crippen LogP contribution in [-0.4, -0.2) is 35.6 Å². The van der Waals surface area contributed by atoms with Gasteiger partial charge in [-0.2, -0.15) is 5.10 Å². The summed E-state index contributed by atoms with van der Waals surface area (Å²) in [7, 11) is 1.58. The molecule has 0 bridgehead atoms. The Morgan fingerprint density at radius 3 is 2.62 bits per heavy atom. The quantitative estimate of drug-likeness (QED) is 0.673. The average Bonchev–Trinajstić information content (AvgIpc) is 3.10. The van der Waals surface area contributed by atoms with Crippen LogP contribution in [0.15, 0.2) is 60.7 Å². The molecule has 26 heavy (non-hydrogen) atoms. The van der Waals surface area contributed by atoms with E-state index in [2.05, 4.69) is 15.5 Å². The number of amides is 2. The summed E-state index contributed by atoms with van der Waals surface area (Å²) >= 11 is 0. The van der Waals surface area contributed by atoms with E-state index in [1.807, 2.05) is 54.6 Å². The highest BCUT2D eigenvalue weighted by Gasteiger charge is 2.14. The number of aromatic nitrogens is 2. The summed E-state index contributed by atoms with van der Waals surface area (Å²) in [6, 6.07) is 17.0. The molecule has 0 aliphatic carbocycles. The Labute approximate surface area is 151 Å². The number of anilines is 1. The fraction of sp³-hybridized carbons (Fsp3) is 0.150. The van der Waals surface area contributed by atoms with Gasteiger partial charge in [0.15, 0.2) is 0 Å². The van der Waals surface area contributed by atoms with E-state index in [4.69, 9.17) is 0 Å². The van der Waals surface area contributed by atoms with Crippen molar-refractivity contribution < 1.29 is 9.59 Å². The zero-order valence-electron chi connectivity index (χ0n) is 14.5. The Hall–Kier alpha value is -3.41. The Morgan fingerprint density at radius 2 is 1.85 bits per heavy atom. The van der Waals surface area contributed by atoms with E-state index in [0.29, 0.717) is 12.2 Å². The molecule has 0 saturated heterocycles. The zero-order chi connectivity index (χ0) is 18.4. The third-order valence-electron chi connectivity index (χ3n) is 4.06. The van der Waals surface area contributed by atoms with Gasteiger partial charge in [0.25, 0.3) is 5.91 Å². The van der Waals surface area contributed by atoms with Crippen LogP contribution in [0.2, 0.25) is 0 Å². The maximum atomic E-state index is 12.7. The number of fused-ring (bicyclic) bond motifs is 1. The first kappa shape index (κ1) is 17.4. The van der Waals surface area contributed by atoms with E-state index in [9.17, 15) is 9.59 Å². The summed E-state index contributed by atoms with van der Waals surface area (Å²) in [5.74, 6) is -0.312. The minimum atomic E-state index is -0.202. The Bertz CT molecular complexity index is 931. The smallest absolute Gasteiger partial charge is 0.251 e. The highest BCUT2D eigenvalue weighted by atomic mass is 16.2. The third kappa shape index (κ3) is 3.97. The van der Waals surface area contributed by atoms with Gasteiger partial charge in [-0.3, -0.25) is 14.7 Å². The number of hydrogen-bond donors (Lipinski definition) is 2. The fourth-order valence-electron chi connectivity index (χ4n) is 2.66. The van der Waals surface area contributed by atoms with Crippen LogP contribution in [0.1, 0.15) is 12.1 Å². The van der Waals surface area contributed by atoms with Gasteiger partial charge in [0.1, 0.15) is 0 Å². The second-order valence-electron chi connectivity index (χ2n) is 5.74. The van der Waals surface area contributed by atoms with Gasteiger partial charge in [0, 0.05) is 37.2 Å². The molecule has 1 aromatic heterocycles. The van der Waals surface area contributed by atoms with Gasteiger partial charge in [0.05, 0.1) is 11.2 Å². The monoisotopic (exact) mass is 348 g/mol. The van der Waals surface area contributed by atoms with Crippen molar-refractivity contribution in [1.82, 2.24) is 15.5 Å². The van der Waals surface area contributed by atoms with E-state index < -0.39 is 0 Å². The predicted molar refractivity (Wildman–Crippen MR) is 103 cm³/mol. The molecule has 3 rings (SSSR count). The zero-order valence-corrected chi connectivity index (χ0v) is 14.5. The SMILES string of the molecule is CNC(=O)CCN(C(=O)/C=C/c1n[nH]c2ccccc12)c1ccccc1. The number of aromatic amines is 1. The molecule has 0 aliphatic heterocycles. The van der Waals surface area contributed by atoms with E-state index >= 15 is 0 Å².